The number of benzene rings is 1. The van der Waals surface area contributed by atoms with Crippen LogP contribution in [0.25, 0.3) is 0 Å². The topological polar surface area (TPSA) is 72.1 Å². The van der Waals surface area contributed by atoms with Crippen molar-refractivity contribution >= 4 is 17.5 Å². The minimum absolute atomic E-state index is 0.111. The van der Waals surface area contributed by atoms with E-state index in [9.17, 15) is 4.79 Å². The maximum Gasteiger partial charge on any atom is 0.273 e. The molecule has 1 atom stereocenters. The van der Waals surface area contributed by atoms with Gasteiger partial charge in [0.05, 0.1) is 6.20 Å². The Kier molecular flexibility index (Phi) is 4.90. The van der Waals surface area contributed by atoms with E-state index in [-0.39, 0.29) is 11.9 Å². The Morgan fingerprint density at radius 2 is 2.07 bits per heavy atom. The molecule has 1 unspecified atom stereocenters. The molecule has 27 heavy (non-hydrogen) atoms. The average Bonchev–Trinajstić information content (AvgIpc) is 3.32. The summed E-state index contributed by atoms with van der Waals surface area (Å²) in [5.74, 6) is 1.82. The third-order valence-corrected chi connectivity index (χ3v) is 4.91. The first kappa shape index (κ1) is 17.7. The summed E-state index contributed by atoms with van der Waals surface area (Å²) < 4.78 is 5.97. The van der Waals surface area contributed by atoms with Gasteiger partial charge >= 0.3 is 0 Å². The van der Waals surface area contributed by atoms with Gasteiger partial charge < -0.3 is 9.32 Å². The number of hydrogen-bond acceptors (Lipinski definition) is 5. The standard InChI is InChI=1S/C20H19ClN4O2/c1-13-22-9-8-17(24-13)20(26)25-10-2-3-18(25)19-23-12-16(27-19)11-14-4-6-15(21)7-5-14/h4-9,12,18H,2-3,10-11H2,1H3. The number of hydrogen-bond donors (Lipinski definition) is 0. The van der Waals surface area contributed by atoms with Crippen LogP contribution in [0.2, 0.25) is 5.02 Å². The Morgan fingerprint density at radius 1 is 1.26 bits per heavy atom. The zero-order valence-corrected chi connectivity index (χ0v) is 15.7. The summed E-state index contributed by atoms with van der Waals surface area (Å²) in [7, 11) is 0. The highest BCUT2D eigenvalue weighted by Crippen LogP contribution is 2.33. The van der Waals surface area contributed by atoms with Gasteiger partial charge in [-0.1, -0.05) is 23.7 Å². The van der Waals surface area contributed by atoms with E-state index in [2.05, 4.69) is 15.0 Å². The summed E-state index contributed by atoms with van der Waals surface area (Å²) in [6, 6.07) is 9.13. The van der Waals surface area contributed by atoms with Crippen LogP contribution in [-0.2, 0) is 6.42 Å². The van der Waals surface area contributed by atoms with E-state index in [0.717, 1.165) is 24.2 Å². The lowest BCUT2D eigenvalue weighted by Crippen LogP contribution is -2.31. The lowest BCUT2D eigenvalue weighted by Gasteiger charge is -2.21. The molecule has 3 heterocycles. The summed E-state index contributed by atoms with van der Waals surface area (Å²) in [5, 5.41) is 0.706. The molecule has 0 bridgehead atoms. The number of rotatable bonds is 4. The molecule has 0 saturated carbocycles. The summed E-state index contributed by atoms with van der Waals surface area (Å²) >= 11 is 5.93. The van der Waals surface area contributed by atoms with E-state index in [1.54, 1.807) is 30.3 Å². The Labute approximate surface area is 162 Å². The first-order chi connectivity index (χ1) is 13.1. The van der Waals surface area contributed by atoms with Crippen molar-refractivity contribution in [1.82, 2.24) is 19.9 Å². The third kappa shape index (κ3) is 3.85. The van der Waals surface area contributed by atoms with E-state index in [4.69, 9.17) is 16.0 Å². The van der Waals surface area contributed by atoms with Crippen LogP contribution in [0.4, 0.5) is 0 Å². The lowest BCUT2D eigenvalue weighted by molar-refractivity contribution is 0.0708. The lowest BCUT2D eigenvalue weighted by atomic mass is 10.1. The fourth-order valence-corrected chi connectivity index (χ4v) is 3.48. The van der Waals surface area contributed by atoms with Crippen molar-refractivity contribution in [1.29, 1.82) is 0 Å². The molecule has 0 spiro atoms. The van der Waals surface area contributed by atoms with Crippen LogP contribution in [0, 0.1) is 6.92 Å². The fourth-order valence-electron chi connectivity index (χ4n) is 3.35. The SMILES string of the molecule is Cc1nccc(C(=O)N2CCCC2c2ncc(Cc3ccc(Cl)cc3)o2)n1. The van der Waals surface area contributed by atoms with Crippen LogP contribution in [0.3, 0.4) is 0 Å². The quantitative estimate of drug-likeness (QED) is 0.682. The zero-order chi connectivity index (χ0) is 18.8. The number of nitrogens with zero attached hydrogens (tertiary/aromatic N) is 4. The second-order valence-electron chi connectivity index (χ2n) is 6.61. The van der Waals surface area contributed by atoms with E-state index >= 15 is 0 Å². The van der Waals surface area contributed by atoms with Crippen molar-refractivity contribution in [3.63, 3.8) is 0 Å². The second-order valence-corrected chi connectivity index (χ2v) is 7.05. The molecule has 3 aromatic rings. The fraction of sp³-hybridized carbons (Fsp3) is 0.300. The van der Waals surface area contributed by atoms with Gasteiger partial charge in [-0.25, -0.2) is 15.0 Å². The molecule has 1 aliphatic heterocycles. The number of amides is 1. The van der Waals surface area contributed by atoms with Crippen LogP contribution < -0.4 is 0 Å². The van der Waals surface area contributed by atoms with Gasteiger partial charge in [-0.2, -0.15) is 0 Å². The van der Waals surface area contributed by atoms with Crippen molar-refractivity contribution < 1.29 is 9.21 Å². The van der Waals surface area contributed by atoms with Gasteiger partial charge in [0, 0.05) is 24.2 Å². The summed E-state index contributed by atoms with van der Waals surface area (Å²) in [5.41, 5.74) is 1.50. The molecular formula is C20H19ClN4O2. The van der Waals surface area contributed by atoms with E-state index in [1.807, 2.05) is 24.3 Å². The van der Waals surface area contributed by atoms with Crippen LogP contribution in [0.15, 0.2) is 47.1 Å². The smallest absolute Gasteiger partial charge is 0.273 e. The number of aryl methyl sites for hydroxylation is 1. The maximum absolute atomic E-state index is 12.9. The van der Waals surface area contributed by atoms with Gasteiger partial charge in [-0.15, -0.1) is 0 Å². The first-order valence-corrected chi connectivity index (χ1v) is 9.27. The largest absolute Gasteiger partial charge is 0.443 e. The van der Waals surface area contributed by atoms with Crippen molar-refractivity contribution in [2.75, 3.05) is 6.54 Å². The van der Waals surface area contributed by atoms with E-state index in [1.165, 1.54) is 0 Å². The molecule has 6 nitrogen and oxygen atoms in total. The van der Waals surface area contributed by atoms with Crippen LogP contribution in [0.1, 0.15) is 52.4 Å². The van der Waals surface area contributed by atoms with Gasteiger partial charge in [0.1, 0.15) is 23.3 Å². The Morgan fingerprint density at radius 3 is 2.85 bits per heavy atom. The van der Waals surface area contributed by atoms with Crippen molar-refractivity contribution in [3.8, 4) is 0 Å². The van der Waals surface area contributed by atoms with Gasteiger partial charge in [-0.3, -0.25) is 4.79 Å². The Bertz CT molecular complexity index is 955. The Hall–Kier alpha value is -2.73. The number of halogens is 1. The molecule has 138 valence electrons. The molecule has 1 fully saturated rings. The molecule has 1 amide bonds. The van der Waals surface area contributed by atoms with E-state index in [0.29, 0.717) is 35.4 Å². The number of aromatic nitrogens is 3. The van der Waals surface area contributed by atoms with Crippen LogP contribution >= 0.6 is 11.6 Å². The number of likely N-dealkylation sites (tertiary alicyclic amines) is 1. The average molecular weight is 383 g/mol. The molecule has 0 radical (unpaired) electrons. The van der Waals surface area contributed by atoms with Gasteiger partial charge in [0.25, 0.3) is 5.91 Å². The summed E-state index contributed by atoms with van der Waals surface area (Å²) in [6.07, 6.45) is 5.72. The maximum atomic E-state index is 12.9. The summed E-state index contributed by atoms with van der Waals surface area (Å²) in [4.78, 5) is 27.4. The highest BCUT2D eigenvalue weighted by molar-refractivity contribution is 6.30. The van der Waals surface area contributed by atoms with Crippen LogP contribution in [-0.4, -0.2) is 32.3 Å². The highest BCUT2D eigenvalue weighted by Gasteiger charge is 2.34. The molecule has 7 heteroatoms. The minimum Gasteiger partial charge on any atom is -0.443 e. The monoisotopic (exact) mass is 382 g/mol. The molecule has 1 aliphatic rings. The molecule has 1 saturated heterocycles. The van der Waals surface area contributed by atoms with E-state index < -0.39 is 0 Å². The first-order valence-electron chi connectivity index (χ1n) is 8.90. The molecule has 2 aromatic heterocycles. The second kappa shape index (κ2) is 7.48. The third-order valence-electron chi connectivity index (χ3n) is 4.66. The van der Waals surface area contributed by atoms with Gasteiger partial charge in [0.15, 0.2) is 0 Å². The predicted molar refractivity (Wildman–Crippen MR) is 101 cm³/mol. The number of oxazole rings is 1. The van der Waals surface area contributed by atoms with Gasteiger partial charge in [-0.05, 0) is 43.5 Å². The molecule has 1 aromatic carbocycles. The minimum atomic E-state index is -0.160. The van der Waals surface area contributed by atoms with Gasteiger partial charge in [0.2, 0.25) is 5.89 Å². The summed E-state index contributed by atoms with van der Waals surface area (Å²) in [6.45, 7) is 2.44. The highest BCUT2D eigenvalue weighted by atomic mass is 35.5. The molecular weight excluding hydrogens is 364 g/mol. The normalized spacial score (nSPS) is 16.7. The van der Waals surface area contributed by atoms with Crippen molar-refractivity contribution in [2.45, 2.75) is 32.2 Å². The van der Waals surface area contributed by atoms with Crippen molar-refractivity contribution in [2.24, 2.45) is 0 Å². The zero-order valence-electron chi connectivity index (χ0n) is 14.9. The van der Waals surface area contributed by atoms with Crippen LogP contribution in [0.5, 0.6) is 0 Å². The van der Waals surface area contributed by atoms with Crippen molar-refractivity contribution in [3.05, 3.63) is 76.5 Å². The predicted octanol–water partition coefficient (Wildman–Crippen LogP) is 3.99. The number of carbonyl (C=O) groups excluding carboxylic acids is 1. The molecule has 0 N–H and O–H groups in total. The number of carbonyl (C=O) groups is 1. The molecule has 0 aliphatic carbocycles. The Balaban J connectivity index is 1.51. The molecule has 4 rings (SSSR count).